The molecule has 0 fully saturated rings. The van der Waals surface area contributed by atoms with Crippen molar-refractivity contribution >= 4 is 17.5 Å². The van der Waals surface area contributed by atoms with Crippen LogP contribution in [0.1, 0.15) is 24.8 Å². The predicted molar refractivity (Wildman–Crippen MR) is 88.8 cm³/mol. The third kappa shape index (κ3) is 4.83. The minimum Gasteiger partial charge on any atom is -0.395 e. The van der Waals surface area contributed by atoms with E-state index in [1.54, 1.807) is 6.08 Å². The van der Waals surface area contributed by atoms with E-state index in [0.717, 1.165) is 29.7 Å². The molecular weight excluding hydrogens is 278 g/mol. The lowest BCUT2D eigenvalue weighted by Crippen LogP contribution is -2.29. The van der Waals surface area contributed by atoms with Crippen molar-refractivity contribution in [3.8, 4) is 0 Å². The van der Waals surface area contributed by atoms with Crippen LogP contribution in [-0.2, 0) is 4.79 Å². The molecule has 4 heteroatoms. The smallest absolute Gasteiger partial charge is 0.155 e. The van der Waals surface area contributed by atoms with Crippen LogP contribution in [0.4, 0.5) is 5.69 Å². The van der Waals surface area contributed by atoms with Gasteiger partial charge >= 0.3 is 0 Å². The van der Waals surface area contributed by atoms with Crippen LogP contribution in [-0.4, -0.2) is 42.3 Å². The van der Waals surface area contributed by atoms with Crippen LogP contribution >= 0.6 is 0 Å². The van der Waals surface area contributed by atoms with Gasteiger partial charge in [-0.3, -0.25) is 4.79 Å². The van der Waals surface area contributed by atoms with E-state index in [1.807, 2.05) is 41.3 Å². The normalized spacial score (nSPS) is 15.2. The molecule has 0 heterocycles. The zero-order valence-corrected chi connectivity index (χ0v) is 12.7. The Hall–Kier alpha value is -1.91. The number of carbonyl (C=O) groups excluding carboxylic acids is 1. The van der Waals surface area contributed by atoms with E-state index in [1.165, 1.54) is 0 Å². The molecular formula is C18H23NO3. The van der Waals surface area contributed by atoms with Crippen molar-refractivity contribution in [3.63, 3.8) is 0 Å². The number of hydrogen-bond donors (Lipinski definition) is 2. The van der Waals surface area contributed by atoms with Crippen LogP contribution in [0.2, 0.25) is 0 Å². The minimum atomic E-state index is 0.0594. The molecule has 118 valence electrons. The molecule has 2 rings (SSSR count). The molecule has 22 heavy (non-hydrogen) atoms. The van der Waals surface area contributed by atoms with Crippen molar-refractivity contribution in [2.75, 3.05) is 31.2 Å². The molecule has 1 aliphatic carbocycles. The molecule has 2 N–H and O–H groups in total. The molecule has 0 spiro atoms. The van der Waals surface area contributed by atoms with Gasteiger partial charge in [0.1, 0.15) is 0 Å². The van der Waals surface area contributed by atoms with Gasteiger partial charge in [0.25, 0.3) is 0 Å². The lowest BCUT2D eigenvalue weighted by molar-refractivity contribution is -0.115. The maximum absolute atomic E-state index is 11.4. The third-order valence-corrected chi connectivity index (χ3v) is 3.72. The maximum atomic E-state index is 11.4. The summed E-state index contributed by atoms with van der Waals surface area (Å²) < 4.78 is 0. The van der Waals surface area contributed by atoms with Crippen LogP contribution in [0.25, 0.3) is 6.08 Å². The summed E-state index contributed by atoms with van der Waals surface area (Å²) in [6, 6.07) is 7.95. The topological polar surface area (TPSA) is 60.8 Å². The van der Waals surface area contributed by atoms with Crippen molar-refractivity contribution in [1.29, 1.82) is 0 Å². The number of benzene rings is 1. The van der Waals surface area contributed by atoms with Gasteiger partial charge in [0.2, 0.25) is 0 Å². The van der Waals surface area contributed by atoms with Crippen molar-refractivity contribution in [2.24, 2.45) is 0 Å². The highest BCUT2D eigenvalue weighted by atomic mass is 16.3. The van der Waals surface area contributed by atoms with Crippen molar-refractivity contribution in [2.45, 2.75) is 19.3 Å². The number of nitrogens with zero attached hydrogens (tertiary/aromatic N) is 1. The van der Waals surface area contributed by atoms with Gasteiger partial charge in [-0.25, -0.2) is 0 Å². The number of anilines is 1. The number of ketones is 1. The molecule has 4 nitrogen and oxygen atoms in total. The summed E-state index contributed by atoms with van der Waals surface area (Å²) in [6.45, 7) is 1.13. The largest absolute Gasteiger partial charge is 0.395 e. The first-order chi connectivity index (χ1) is 10.7. The lowest BCUT2D eigenvalue weighted by atomic mass is 9.98. The molecule has 0 saturated heterocycles. The number of rotatable bonds is 7. The Morgan fingerprint density at radius 2 is 1.68 bits per heavy atom. The summed E-state index contributed by atoms with van der Waals surface area (Å²) in [7, 11) is 0. The monoisotopic (exact) mass is 301 g/mol. The second-order valence-electron chi connectivity index (χ2n) is 5.40. The van der Waals surface area contributed by atoms with Crippen molar-refractivity contribution in [3.05, 3.63) is 47.6 Å². The van der Waals surface area contributed by atoms with E-state index in [2.05, 4.69) is 0 Å². The van der Waals surface area contributed by atoms with Crippen LogP contribution < -0.4 is 4.90 Å². The van der Waals surface area contributed by atoms with Gasteiger partial charge in [-0.2, -0.15) is 0 Å². The highest BCUT2D eigenvalue weighted by molar-refractivity contribution is 5.91. The van der Waals surface area contributed by atoms with Gasteiger partial charge in [0.15, 0.2) is 5.78 Å². The summed E-state index contributed by atoms with van der Waals surface area (Å²) in [5, 5.41) is 18.1. The molecule has 0 aromatic heterocycles. The predicted octanol–water partition coefficient (Wildman–Crippen LogP) is 2.17. The lowest BCUT2D eigenvalue weighted by Gasteiger charge is -2.22. The number of hydrogen-bond acceptors (Lipinski definition) is 4. The average molecular weight is 301 g/mol. The summed E-state index contributed by atoms with van der Waals surface area (Å²) in [6.07, 6.45) is 8.31. The van der Waals surface area contributed by atoms with E-state index in [0.29, 0.717) is 19.5 Å². The van der Waals surface area contributed by atoms with Crippen molar-refractivity contribution < 1.29 is 15.0 Å². The number of carbonyl (C=O) groups is 1. The van der Waals surface area contributed by atoms with Gasteiger partial charge in [-0.1, -0.05) is 24.3 Å². The fourth-order valence-electron chi connectivity index (χ4n) is 2.56. The van der Waals surface area contributed by atoms with Gasteiger partial charge in [0, 0.05) is 25.2 Å². The summed E-state index contributed by atoms with van der Waals surface area (Å²) >= 11 is 0. The Morgan fingerprint density at radius 1 is 1.00 bits per heavy atom. The Morgan fingerprint density at radius 3 is 2.27 bits per heavy atom. The first-order valence-corrected chi connectivity index (χ1v) is 7.71. The quantitative estimate of drug-likeness (QED) is 0.810. The second-order valence-corrected chi connectivity index (χ2v) is 5.40. The molecule has 0 unspecified atom stereocenters. The summed E-state index contributed by atoms with van der Waals surface area (Å²) in [5.74, 6) is 0.213. The van der Waals surface area contributed by atoms with Crippen LogP contribution in [0.15, 0.2) is 42.0 Å². The van der Waals surface area contributed by atoms with Crippen LogP contribution in [0.3, 0.4) is 0 Å². The van der Waals surface area contributed by atoms with Crippen LogP contribution in [0, 0.1) is 0 Å². The summed E-state index contributed by atoms with van der Waals surface area (Å²) in [4.78, 5) is 13.3. The van der Waals surface area contributed by atoms with E-state index < -0.39 is 0 Å². The Bertz CT molecular complexity index is 540. The molecule has 0 atom stereocenters. The van der Waals surface area contributed by atoms with Gasteiger partial charge in [0.05, 0.1) is 13.2 Å². The zero-order valence-electron chi connectivity index (χ0n) is 12.7. The molecule has 1 aromatic carbocycles. The number of aliphatic hydroxyl groups is 2. The standard InChI is InChI=1S/C18H23NO3/c20-12-10-19(11-13-21)17-8-6-15(7-9-17)4-5-16-2-1-3-18(22)14-16/h4-9,14,20-21H,1-3,10-13H2/b5-4+. The molecule has 0 saturated carbocycles. The summed E-state index contributed by atoms with van der Waals surface area (Å²) in [5.41, 5.74) is 3.13. The first-order valence-electron chi connectivity index (χ1n) is 7.71. The number of aliphatic hydroxyl groups excluding tert-OH is 2. The van der Waals surface area contributed by atoms with E-state index in [-0.39, 0.29) is 19.0 Å². The zero-order chi connectivity index (χ0) is 15.8. The highest BCUT2D eigenvalue weighted by Gasteiger charge is 2.07. The molecule has 0 radical (unpaired) electrons. The van der Waals surface area contributed by atoms with Gasteiger partial charge < -0.3 is 15.1 Å². The van der Waals surface area contributed by atoms with E-state index in [4.69, 9.17) is 10.2 Å². The Balaban J connectivity index is 2.03. The average Bonchev–Trinajstić information content (AvgIpc) is 2.53. The van der Waals surface area contributed by atoms with Gasteiger partial charge in [-0.15, -0.1) is 0 Å². The second kappa shape index (κ2) is 8.51. The fourth-order valence-corrected chi connectivity index (χ4v) is 2.56. The van der Waals surface area contributed by atoms with Crippen LogP contribution in [0.5, 0.6) is 0 Å². The van der Waals surface area contributed by atoms with Crippen molar-refractivity contribution in [1.82, 2.24) is 0 Å². The maximum Gasteiger partial charge on any atom is 0.155 e. The fraction of sp³-hybridized carbons (Fsp3) is 0.389. The van der Waals surface area contributed by atoms with E-state index in [9.17, 15) is 4.79 Å². The van der Waals surface area contributed by atoms with Gasteiger partial charge in [-0.05, 0) is 42.2 Å². The Kier molecular flexibility index (Phi) is 6.37. The Labute approximate surface area is 131 Å². The highest BCUT2D eigenvalue weighted by Crippen LogP contribution is 2.19. The molecule has 0 aliphatic heterocycles. The SMILES string of the molecule is O=C1C=C(/C=C/c2ccc(N(CCO)CCO)cc2)CCC1. The first kappa shape index (κ1) is 16.5. The molecule has 1 aliphatic rings. The molecule has 0 amide bonds. The molecule has 0 bridgehead atoms. The minimum absolute atomic E-state index is 0.0594. The number of allylic oxidation sites excluding steroid dienone is 3. The third-order valence-electron chi connectivity index (χ3n) is 3.72. The van der Waals surface area contributed by atoms with E-state index >= 15 is 0 Å². The molecule has 1 aromatic rings.